The van der Waals surface area contributed by atoms with E-state index in [1.54, 1.807) is 11.3 Å². The molecule has 170 valence electrons. The Morgan fingerprint density at radius 1 is 1.15 bits per heavy atom. The van der Waals surface area contributed by atoms with E-state index in [0.29, 0.717) is 18.5 Å². The first kappa shape index (κ1) is 21.5. The van der Waals surface area contributed by atoms with Gasteiger partial charge in [0.05, 0.1) is 22.8 Å². The first-order valence-corrected chi connectivity index (χ1v) is 11.8. The molecule has 1 amide bonds. The van der Waals surface area contributed by atoms with Gasteiger partial charge in [0.2, 0.25) is 0 Å². The fourth-order valence-corrected chi connectivity index (χ4v) is 4.95. The van der Waals surface area contributed by atoms with Gasteiger partial charge in [0, 0.05) is 34.6 Å². The monoisotopic (exact) mass is 468 g/mol. The molecule has 2 aromatic carbocycles. The number of phenols is 1. The minimum Gasteiger partial charge on any atom is -0.503 e. The van der Waals surface area contributed by atoms with E-state index in [1.165, 1.54) is 0 Å². The number of aromatic nitrogens is 3. The second-order valence-electron chi connectivity index (χ2n) is 8.43. The molecule has 0 saturated heterocycles. The number of nitrogens with one attached hydrogen (secondary N) is 1. The van der Waals surface area contributed by atoms with Gasteiger partial charge in [-0.15, -0.1) is 11.3 Å². The van der Waals surface area contributed by atoms with Gasteiger partial charge < -0.3 is 10.4 Å². The van der Waals surface area contributed by atoms with E-state index in [2.05, 4.69) is 34.7 Å². The average Bonchev–Trinajstić information content (AvgIpc) is 3.50. The van der Waals surface area contributed by atoms with Gasteiger partial charge in [-0.3, -0.25) is 9.48 Å². The molecule has 1 saturated carbocycles. The number of phenolic OH excluding ortho intramolecular Hbond substituents is 1. The molecule has 4 aromatic rings. The molecule has 1 aliphatic carbocycles. The molecular formula is C24H22F2N4O2S. The molecule has 2 heterocycles. The van der Waals surface area contributed by atoms with E-state index in [-0.39, 0.29) is 5.56 Å². The molecule has 6 nitrogen and oxygen atoms in total. The highest BCUT2D eigenvalue weighted by molar-refractivity contribution is 7.07. The number of hydrogen-bond donors (Lipinski definition) is 2. The molecule has 2 N–H and O–H groups in total. The van der Waals surface area contributed by atoms with E-state index >= 15 is 0 Å². The molecule has 33 heavy (non-hydrogen) atoms. The number of aromatic hydroxyl groups is 1. The summed E-state index contributed by atoms with van der Waals surface area (Å²) in [6.07, 6.45) is 5.81. The number of halogens is 2. The summed E-state index contributed by atoms with van der Waals surface area (Å²) in [4.78, 5) is 16.6. The lowest BCUT2D eigenvalue weighted by atomic mass is 9.86. The highest BCUT2D eigenvalue weighted by atomic mass is 32.1. The summed E-state index contributed by atoms with van der Waals surface area (Å²) in [5.74, 6) is -3.63. The lowest BCUT2D eigenvalue weighted by molar-refractivity contribution is 0.0940. The summed E-state index contributed by atoms with van der Waals surface area (Å²) in [6.45, 7) is 0.438. The third kappa shape index (κ3) is 4.45. The first-order chi connectivity index (χ1) is 16.0. The van der Waals surface area contributed by atoms with Gasteiger partial charge in [0.25, 0.3) is 5.91 Å². The summed E-state index contributed by atoms with van der Waals surface area (Å²) < 4.78 is 29.0. The van der Waals surface area contributed by atoms with Crippen molar-refractivity contribution in [2.45, 2.75) is 31.7 Å². The van der Waals surface area contributed by atoms with Gasteiger partial charge in [0.1, 0.15) is 0 Å². The quantitative estimate of drug-likeness (QED) is 0.416. The molecule has 5 rings (SSSR count). The number of benzene rings is 2. The maximum absolute atomic E-state index is 13.5. The number of carbonyl (C=O) groups is 1. The van der Waals surface area contributed by atoms with Crippen molar-refractivity contribution in [3.05, 3.63) is 64.6 Å². The highest BCUT2D eigenvalue weighted by Crippen LogP contribution is 2.33. The predicted octanol–water partition coefficient (Wildman–Crippen LogP) is 5.30. The zero-order valence-corrected chi connectivity index (χ0v) is 18.5. The summed E-state index contributed by atoms with van der Waals surface area (Å²) in [5, 5.41) is 19.8. The van der Waals surface area contributed by atoms with Crippen molar-refractivity contribution in [2.24, 2.45) is 5.92 Å². The third-order valence-electron chi connectivity index (χ3n) is 6.27. The van der Waals surface area contributed by atoms with Gasteiger partial charge >= 0.3 is 0 Å². The molecule has 9 heteroatoms. The van der Waals surface area contributed by atoms with Crippen molar-refractivity contribution >= 4 is 28.1 Å². The van der Waals surface area contributed by atoms with Gasteiger partial charge in [-0.1, -0.05) is 12.1 Å². The van der Waals surface area contributed by atoms with Crippen LogP contribution in [0.5, 0.6) is 5.75 Å². The minimum absolute atomic E-state index is 0.142. The van der Waals surface area contributed by atoms with Crippen molar-refractivity contribution in [1.29, 1.82) is 0 Å². The molecule has 0 bridgehead atoms. The Bertz CT molecular complexity index is 1270. The molecule has 0 spiro atoms. The van der Waals surface area contributed by atoms with Crippen molar-refractivity contribution in [2.75, 3.05) is 6.54 Å². The molecule has 2 aromatic heterocycles. The Morgan fingerprint density at radius 2 is 1.91 bits per heavy atom. The van der Waals surface area contributed by atoms with Gasteiger partial charge in [-0.25, -0.2) is 13.8 Å². The van der Waals surface area contributed by atoms with Crippen LogP contribution in [-0.2, 0) is 0 Å². The fourth-order valence-electron chi connectivity index (χ4n) is 4.39. The van der Waals surface area contributed by atoms with Crippen LogP contribution in [0.25, 0.3) is 22.2 Å². The number of rotatable bonds is 5. The molecular weight excluding hydrogens is 446 g/mol. The number of amides is 1. The van der Waals surface area contributed by atoms with Crippen molar-refractivity contribution in [1.82, 2.24) is 20.1 Å². The van der Waals surface area contributed by atoms with Crippen LogP contribution < -0.4 is 5.32 Å². The average molecular weight is 469 g/mol. The summed E-state index contributed by atoms with van der Waals surface area (Å²) in [6, 6.07) is 8.18. The van der Waals surface area contributed by atoms with E-state index in [4.69, 9.17) is 5.10 Å². The number of hydrogen-bond acceptors (Lipinski definition) is 5. The summed E-state index contributed by atoms with van der Waals surface area (Å²) in [7, 11) is 0. The zero-order valence-electron chi connectivity index (χ0n) is 17.7. The maximum Gasteiger partial charge on any atom is 0.251 e. The summed E-state index contributed by atoms with van der Waals surface area (Å²) in [5.41, 5.74) is 4.64. The lowest BCUT2D eigenvalue weighted by Crippen LogP contribution is -2.31. The molecule has 0 unspecified atom stereocenters. The van der Waals surface area contributed by atoms with Gasteiger partial charge in [-0.2, -0.15) is 5.10 Å². The molecule has 0 radical (unpaired) electrons. The standard InChI is InChI=1S/C24H22F2N4O2S/c25-19-7-17(8-20(26)23(19)31)24(32)27-10-14-1-5-18(6-2-14)30-11-16-4-3-15(9-21(16)29-30)22-12-33-13-28-22/h3-4,7-9,11-14,18,31H,1-2,5-6,10H2,(H,27,32)/t14-,18-. The van der Waals surface area contributed by atoms with Crippen molar-refractivity contribution in [3.8, 4) is 17.0 Å². The van der Waals surface area contributed by atoms with Crippen LogP contribution in [-0.4, -0.2) is 32.3 Å². The van der Waals surface area contributed by atoms with Crippen LogP contribution >= 0.6 is 11.3 Å². The van der Waals surface area contributed by atoms with Crippen molar-refractivity contribution < 1.29 is 18.7 Å². The Kier molecular flexibility index (Phi) is 5.80. The van der Waals surface area contributed by atoms with Crippen molar-refractivity contribution in [3.63, 3.8) is 0 Å². The third-order valence-corrected chi connectivity index (χ3v) is 6.86. The highest BCUT2D eigenvalue weighted by Gasteiger charge is 2.24. The maximum atomic E-state index is 13.5. The van der Waals surface area contributed by atoms with E-state index in [0.717, 1.165) is 60.0 Å². The second kappa shape index (κ2) is 8.90. The molecule has 1 aliphatic rings. The van der Waals surface area contributed by atoms with Crippen LogP contribution in [0, 0.1) is 17.6 Å². The minimum atomic E-state index is -1.15. The van der Waals surface area contributed by atoms with Crippen LogP contribution in [0.4, 0.5) is 8.78 Å². The number of nitrogens with zero attached hydrogens (tertiary/aromatic N) is 3. The van der Waals surface area contributed by atoms with Crippen LogP contribution in [0.2, 0.25) is 0 Å². The normalized spacial score (nSPS) is 18.5. The number of thiazole rings is 1. The second-order valence-corrected chi connectivity index (χ2v) is 9.15. The van der Waals surface area contributed by atoms with Gasteiger partial charge in [0.15, 0.2) is 17.4 Å². The molecule has 1 fully saturated rings. The van der Waals surface area contributed by atoms with E-state index in [9.17, 15) is 18.7 Å². The first-order valence-electron chi connectivity index (χ1n) is 10.8. The van der Waals surface area contributed by atoms with E-state index in [1.807, 2.05) is 15.6 Å². The Morgan fingerprint density at radius 3 is 2.61 bits per heavy atom. The predicted molar refractivity (Wildman–Crippen MR) is 122 cm³/mol. The van der Waals surface area contributed by atoms with Crippen LogP contribution in [0.3, 0.4) is 0 Å². The van der Waals surface area contributed by atoms with Crippen LogP contribution in [0.1, 0.15) is 42.1 Å². The Hall–Kier alpha value is -3.33. The zero-order chi connectivity index (χ0) is 22.9. The Labute approximate surface area is 192 Å². The summed E-state index contributed by atoms with van der Waals surface area (Å²) >= 11 is 1.57. The lowest BCUT2D eigenvalue weighted by Gasteiger charge is -2.28. The largest absolute Gasteiger partial charge is 0.503 e. The topological polar surface area (TPSA) is 80.0 Å². The Balaban J connectivity index is 1.18. The van der Waals surface area contributed by atoms with Crippen LogP contribution in [0.15, 0.2) is 47.4 Å². The number of fused-ring (bicyclic) bond motifs is 1. The smallest absolute Gasteiger partial charge is 0.251 e. The number of carbonyl (C=O) groups excluding carboxylic acids is 1. The fraction of sp³-hybridized carbons (Fsp3) is 0.292. The SMILES string of the molecule is O=C(NC[C@H]1CC[C@H](n2cc3ccc(-c4cscn4)cc3n2)CC1)c1cc(F)c(O)c(F)c1. The molecule has 0 atom stereocenters. The van der Waals surface area contributed by atoms with E-state index < -0.39 is 23.3 Å². The molecule has 0 aliphatic heterocycles. The van der Waals surface area contributed by atoms with Gasteiger partial charge in [-0.05, 0) is 49.8 Å².